The van der Waals surface area contributed by atoms with Gasteiger partial charge in [-0.25, -0.2) is 8.42 Å². The number of anilines is 2. The van der Waals surface area contributed by atoms with Gasteiger partial charge in [-0.1, -0.05) is 11.6 Å². The van der Waals surface area contributed by atoms with Crippen LogP contribution in [0.4, 0.5) is 11.4 Å². The molecule has 2 aromatic rings. The van der Waals surface area contributed by atoms with Crippen molar-refractivity contribution in [2.24, 2.45) is 0 Å². The van der Waals surface area contributed by atoms with Crippen molar-refractivity contribution in [2.45, 2.75) is 16.7 Å². The molecular formula is C15H14BrClN2O3S2. The van der Waals surface area contributed by atoms with Crippen molar-refractivity contribution < 1.29 is 13.2 Å². The second-order valence-electron chi connectivity index (χ2n) is 4.78. The Hall–Kier alpha value is -1.22. The van der Waals surface area contributed by atoms with Gasteiger partial charge in [-0.05, 0) is 58.6 Å². The Morgan fingerprint density at radius 1 is 1.21 bits per heavy atom. The molecule has 2 aromatic carbocycles. The van der Waals surface area contributed by atoms with Gasteiger partial charge >= 0.3 is 0 Å². The number of halogens is 2. The maximum atomic E-state index is 12.6. The zero-order valence-electron chi connectivity index (χ0n) is 12.8. The Bertz CT molecular complexity index is 888. The molecule has 9 heteroatoms. The largest absolute Gasteiger partial charge is 0.325 e. The maximum Gasteiger partial charge on any atom is 0.261 e. The fourth-order valence-electron chi connectivity index (χ4n) is 1.92. The average Bonchev–Trinajstić information content (AvgIpc) is 2.50. The summed E-state index contributed by atoms with van der Waals surface area (Å²) in [6, 6.07) is 9.32. The zero-order chi connectivity index (χ0) is 17.9. The third kappa shape index (κ3) is 4.66. The van der Waals surface area contributed by atoms with Gasteiger partial charge in [0.2, 0.25) is 5.91 Å². The minimum atomic E-state index is -3.81. The molecular weight excluding hydrogens is 436 g/mol. The summed E-state index contributed by atoms with van der Waals surface area (Å²) in [5, 5.41) is 3.03. The molecule has 0 atom stereocenters. The lowest BCUT2D eigenvalue weighted by molar-refractivity contribution is -0.114. The molecule has 0 bridgehead atoms. The molecule has 0 unspecified atom stereocenters. The van der Waals surface area contributed by atoms with E-state index in [1.807, 2.05) is 6.26 Å². The first-order valence-electron chi connectivity index (χ1n) is 6.66. The van der Waals surface area contributed by atoms with Gasteiger partial charge in [0.05, 0.1) is 21.3 Å². The van der Waals surface area contributed by atoms with Crippen LogP contribution in [0.5, 0.6) is 0 Å². The first-order chi connectivity index (χ1) is 11.2. The Morgan fingerprint density at radius 3 is 2.50 bits per heavy atom. The Labute approximate surface area is 158 Å². The van der Waals surface area contributed by atoms with Crippen LogP contribution < -0.4 is 10.0 Å². The minimum absolute atomic E-state index is 0.0445. The van der Waals surface area contributed by atoms with Gasteiger partial charge in [-0.2, -0.15) is 0 Å². The molecule has 2 N–H and O–H groups in total. The first kappa shape index (κ1) is 19.1. The van der Waals surface area contributed by atoms with Crippen LogP contribution in [0.3, 0.4) is 0 Å². The standard InChI is InChI=1S/C15H14BrClN2O3S2/c1-9(20)18-14-8-11(4-6-15(14)23-2)24(21,22)19-10-3-5-12(16)13(17)7-10/h3-8,19H,1-2H3,(H,18,20). The molecule has 0 aliphatic carbocycles. The summed E-state index contributed by atoms with van der Waals surface area (Å²) < 4.78 is 28.2. The molecule has 2 rings (SSSR count). The van der Waals surface area contributed by atoms with E-state index in [4.69, 9.17) is 11.6 Å². The lowest BCUT2D eigenvalue weighted by atomic mass is 10.3. The van der Waals surface area contributed by atoms with Gasteiger partial charge < -0.3 is 5.32 Å². The molecule has 0 aliphatic heterocycles. The predicted octanol–water partition coefficient (Wildman–Crippen LogP) is 4.58. The summed E-state index contributed by atoms with van der Waals surface area (Å²) in [5.41, 5.74) is 0.796. The number of benzene rings is 2. The third-order valence-electron chi connectivity index (χ3n) is 2.96. The number of nitrogens with one attached hydrogen (secondary N) is 2. The van der Waals surface area contributed by atoms with Gasteiger partial charge in [0.1, 0.15) is 0 Å². The molecule has 0 heterocycles. The van der Waals surface area contributed by atoms with Crippen molar-refractivity contribution in [3.63, 3.8) is 0 Å². The van der Waals surface area contributed by atoms with E-state index in [9.17, 15) is 13.2 Å². The molecule has 0 radical (unpaired) electrons. The van der Waals surface area contributed by atoms with Crippen molar-refractivity contribution in [1.29, 1.82) is 0 Å². The first-order valence-corrected chi connectivity index (χ1v) is 10.5. The number of amides is 1. The Kier molecular flexibility index (Phi) is 6.19. The second kappa shape index (κ2) is 7.77. The highest BCUT2D eigenvalue weighted by Gasteiger charge is 2.17. The van der Waals surface area contributed by atoms with E-state index in [2.05, 4.69) is 26.0 Å². The fraction of sp³-hybridized carbons (Fsp3) is 0.133. The number of carbonyl (C=O) groups is 1. The molecule has 1 amide bonds. The number of carbonyl (C=O) groups excluding carboxylic acids is 1. The minimum Gasteiger partial charge on any atom is -0.325 e. The van der Waals surface area contributed by atoms with Gasteiger partial charge in [0.25, 0.3) is 10.0 Å². The normalized spacial score (nSPS) is 11.2. The third-order valence-corrected chi connectivity index (χ3v) is 6.37. The van der Waals surface area contributed by atoms with Crippen molar-refractivity contribution in [3.8, 4) is 0 Å². The van der Waals surface area contributed by atoms with Crippen LogP contribution >= 0.6 is 39.3 Å². The number of thioether (sulfide) groups is 1. The van der Waals surface area contributed by atoms with E-state index in [0.717, 1.165) is 4.90 Å². The maximum absolute atomic E-state index is 12.6. The number of rotatable bonds is 5. The van der Waals surface area contributed by atoms with Crippen LogP contribution in [0, 0.1) is 0 Å². The molecule has 0 aromatic heterocycles. The van der Waals surface area contributed by atoms with E-state index in [-0.39, 0.29) is 10.8 Å². The highest BCUT2D eigenvalue weighted by atomic mass is 79.9. The monoisotopic (exact) mass is 448 g/mol. The lowest BCUT2D eigenvalue weighted by Gasteiger charge is -2.12. The lowest BCUT2D eigenvalue weighted by Crippen LogP contribution is -2.14. The van der Waals surface area contributed by atoms with Crippen LogP contribution in [-0.4, -0.2) is 20.6 Å². The molecule has 5 nitrogen and oxygen atoms in total. The number of hydrogen-bond acceptors (Lipinski definition) is 4. The highest BCUT2D eigenvalue weighted by Crippen LogP contribution is 2.30. The topological polar surface area (TPSA) is 75.3 Å². The van der Waals surface area contributed by atoms with Crippen LogP contribution in [0.2, 0.25) is 5.02 Å². The Morgan fingerprint density at radius 2 is 1.92 bits per heavy atom. The predicted molar refractivity (Wildman–Crippen MR) is 102 cm³/mol. The van der Waals surface area contributed by atoms with Crippen molar-refractivity contribution in [2.75, 3.05) is 16.3 Å². The zero-order valence-corrected chi connectivity index (χ0v) is 16.7. The summed E-state index contributed by atoms with van der Waals surface area (Å²) in [6.45, 7) is 1.37. The van der Waals surface area contributed by atoms with E-state index >= 15 is 0 Å². The van der Waals surface area contributed by atoms with Gasteiger partial charge in [-0.3, -0.25) is 9.52 Å². The van der Waals surface area contributed by atoms with Crippen molar-refractivity contribution in [1.82, 2.24) is 0 Å². The quantitative estimate of drug-likeness (QED) is 0.655. The Balaban J connectivity index is 2.37. The van der Waals surface area contributed by atoms with E-state index in [1.165, 1.54) is 36.9 Å². The molecule has 0 saturated carbocycles. The summed E-state index contributed by atoms with van der Waals surface area (Å²) in [4.78, 5) is 12.1. The van der Waals surface area contributed by atoms with Crippen molar-refractivity contribution in [3.05, 3.63) is 45.9 Å². The number of hydrogen-bond donors (Lipinski definition) is 2. The van der Waals surface area contributed by atoms with Crippen LogP contribution in [0.25, 0.3) is 0 Å². The molecule has 128 valence electrons. The smallest absolute Gasteiger partial charge is 0.261 e. The second-order valence-corrected chi connectivity index (χ2v) is 8.57. The molecule has 24 heavy (non-hydrogen) atoms. The summed E-state index contributed by atoms with van der Waals surface area (Å²) in [5.74, 6) is -0.271. The molecule has 0 saturated heterocycles. The molecule has 0 aliphatic rings. The van der Waals surface area contributed by atoms with Gasteiger partial charge in [-0.15, -0.1) is 11.8 Å². The molecule has 0 fully saturated rings. The SMILES string of the molecule is CSc1ccc(S(=O)(=O)Nc2ccc(Br)c(Cl)c2)cc1NC(C)=O. The summed E-state index contributed by atoms with van der Waals surface area (Å²) >= 11 is 10.6. The van der Waals surface area contributed by atoms with Crippen LogP contribution in [-0.2, 0) is 14.8 Å². The molecule has 0 spiro atoms. The fourth-order valence-corrected chi connectivity index (χ4v) is 3.95. The van der Waals surface area contributed by atoms with E-state index < -0.39 is 10.0 Å². The van der Waals surface area contributed by atoms with Crippen LogP contribution in [0.15, 0.2) is 50.7 Å². The summed E-state index contributed by atoms with van der Waals surface area (Å²) in [6.07, 6.45) is 1.84. The number of sulfonamides is 1. The highest BCUT2D eigenvalue weighted by molar-refractivity contribution is 9.10. The van der Waals surface area contributed by atoms with E-state index in [1.54, 1.807) is 18.2 Å². The van der Waals surface area contributed by atoms with E-state index in [0.29, 0.717) is 20.9 Å². The average molecular weight is 450 g/mol. The van der Waals surface area contributed by atoms with Crippen LogP contribution in [0.1, 0.15) is 6.92 Å². The van der Waals surface area contributed by atoms with Gasteiger partial charge in [0, 0.05) is 16.3 Å². The van der Waals surface area contributed by atoms with Crippen molar-refractivity contribution >= 4 is 66.6 Å². The van der Waals surface area contributed by atoms with Gasteiger partial charge in [0.15, 0.2) is 0 Å². The summed E-state index contributed by atoms with van der Waals surface area (Å²) in [7, 11) is -3.81.